The minimum Gasteiger partial charge on any atom is -0.310 e. The number of nitrogens with one attached hydrogen (secondary N) is 1. The smallest absolute Gasteiger partial charge is 0.0164 e. The summed E-state index contributed by atoms with van der Waals surface area (Å²) >= 11 is 0. The van der Waals surface area contributed by atoms with Gasteiger partial charge in [0.1, 0.15) is 0 Å². The molecule has 1 N–H and O–H groups in total. The fourth-order valence-electron chi connectivity index (χ4n) is 2.33. The van der Waals surface area contributed by atoms with E-state index in [2.05, 4.69) is 18.3 Å². The van der Waals surface area contributed by atoms with Crippen molar-refractivity contribution in [3.8, 4) is 0 Å². The number of hydrogen-bond donors (Lipinski definition) is 1. The predicted molar refractivity (Wildman–Crippen MR) is 47.5 cm³/mol. The number of hydrogen-bond acceptors (Lipinski definition) is 1. The van der Waals surface area contributed by atoms with Crippen LogP contribution in [0.3, 0.4) is 0 Å². The Labute approximate surface area is 68.9 Å². The lowest BCUT2D eigenvalue weighted by atomic mass is 9.81. The average Bonchev–Trinajstić information content (AvgIpc) is 2.04. The molecular formula is C10H17N. The Kier molecular flexibility index (Phi) is 1.99. The van der Waals surface area contributed by atoms with E-state index in [-0.39, 0.29) is 0 Å². The van der Waals surface area contributed by atoms with Gasteiger partial charge in [0.05, 0.1) is 0 Å². The van der Waals surface area contributed by atoms with Gasteiger partial charge in [0, 0.05) is 12.6 Å². The third-order valence-electron chi connectivity index (χ3n) is 2.96. The summed E-state index contributed by atoms with van der Waals surface area (Å²) in [5.41, 5.74) is 1.54. The van der Waals surface area contributed by atoms with Gasteiger partial charge in [0.2, 0.25) is 0 Å². The lowest BCUT2D eigenvalue weighted by Gasteiger charge is -2.34. The first kappa shape index (κ1) is 7.35. The van der Waals surface area contributed by atoms with Crippen molar-refractivity contribution in [2.75, 3.05) is 6.54 Å². The normalized spacial score (nSPS) is 37.7. The van der Waals surface area contributed by atoms with E-state index in [1.165, 1.54) is 31.3 Å². The van der Waals surface area contributed by atoms with Crippen LogP contribution in [0.25, 0.3) is 0 Å². The molecule has 1 fully saturated rings. The van der Waals surface area contributed by atoms with Gasteiger partial charge in [-0.15, -0.1) is 0 Å². The molecule has 62 valence electrons. The summed E-state index contributed by atoms with van der Waals surface area (Å²) in [5, 5.41) is 3.60. The molecular weight excluding hydrogens is 134 g/mol. The maximum atomic E-state index is 3.60. The highest BCUT2D eigenvalue weighted by Crippen LogP contribution is 2.28. The van der Waals surface area contributed by atoms with Crippen LogP contribution in [-0.2, 0) is 0 Å². The number of fused-ring (bicyclic) bond motifs is 1. The molecule has 0 aromatic carbocycles. The van der Waals surface area contributed by atoms with Crippen LogP contribution in [0, 0.1) is 5.92 Å². The minimum absolute atomic E-state index is 0.812. The lowest BCUT2D eigenvalue weighted by molar-refractivity contribution is 0.299. The molecule has 0 aromatic rings. The molecule has 0 amide bonds. The molecule has 1 nitrogen and oxygen atoms in total. The molecule has 1 saturated carbocycles. The van der Waals surface area contributed by atoms with Crippen molar-refractivity contribution in [1.29, 1.82) is 0 Å². The van der Waals surface area contributed by atoms with Gasteiger partial charge in [-0.25, -0.2) is 0 Å². The molecule has 2 rings (SSSR count). The van der Waals surface area contributed by atoms with Gasteiger partial charge >= 0.3 is 0 Å². The van der Waals surface area contributed by atoms with E-state index >= 15 is 0 Å². The minimum atomic E-state index is 0.812. The molecule has 2 atom stereocenters. The van der Waals surface area contributed by atoms with Crippen molar-refractivity contribution in [2.45, 2.75) is 38.6 Å². The van der Waals surface area contributed by atoms with Crippen LogP contribution >= 0.6 is 0 Å². The Bertz CT molecular complexity index is 172. The largest absolute Gasteiger partial charge is 0.310 e. The van der Waals surface area contributed by atoms with Crippen molar-refractivity contribution in [2.24, 2.45) is 5.92 Å². The average molecular weight is 151 g/mol. The highest BCUT2D eigenvalue weighted by atomic mass is 14.9. The summed E-state index contributed by atoms with van der Waals surface area (Å²) in [7, 11) is 0. The SMILES string of the molecule is CC1=CC2CCCCC2NC1. The highest BCUT2D eigenvalue weighted by molar-refractivity contribution is 5.11. The first-order valence-corrected chi connectivity index (χ1v) is 4.77. The molecule has 1 heteroatoms. The second-order valence-corrected chi connectivity index (χ2v) is 3.95. The molecule has 0 bridgehead atoms. The molecule has 1 heterocycles. The quantitative estimate of drug-likeness (QED) is 0.523. The highest BCUT2D eigenvalue weighted by Gasteiger charge is 2.25. The third-order valence-corrected chi connectivity index (χ3v) is 2.96. The van der Waals surface area contributed by atoms with Gasteiger partial charge in [0.15, 0.2) is 0 Å². The summed E-state index contributed by atoms with van der Waals surface area (Å²) in [6.07, 6.45) is 8.16. The van der Waals surface area contributed by atoms with Gasteiger partial charge in [-0.3, -0.25) is 0 Å². The maximum Gasteiger partial charge on any atom is 0.0164 e. The van der Waals surface area contributed by atoms with E-state index in [9.17, 15) is 0 Å². The van der Waals surface area contributed by atoms with Crippen LogP contribution in [0.5, 0.6) is 0 Å². The second kappa shape index (κ2) is 2.98. The van der Waals surface area contributed by atoms with Crippen LogP contribution in [0.15, 0.2) is 11.6 Å². The third kappa shape index (κ3) is 1.48. The molecule has 1 aliphatic carbocycles. The van der Waals surface area contributed by atoms with Crippen LogP contribution in [0.4, 0.5) is 0 Å². The van der Waals surface area contributed by atoms with Gasteiger partial charge in [-0.1, -0.05) is 24.5 Å². The first-order chi connectivity index (χ1) is 5.36. The Morgan fingerprint density at radius 2 is 2.18 bits per heavy atom. The van der Waals surface area contributed by atoms with Crippen molar-refractivity contribution in [1.82, 2.24) is 5.32 Å². The molecule has 1 aliphatic heterocycles. The van der Waals surface area contributed by atoms with Crippen molar-refractivity contribution < 1.29 is 0 Å². The van der Waals surface area contributed by atoms with Crippen molar-refractivity contribution >= 4 is 0 Å². The Hall–Kier alpha value is -0.300. The van der Waals surface area contributed by atoms with Gasteiger partial charge in [0.25, 0.3) is 0 Å². The molecule has 2 aliphatic rings. The summed E-state index contributed by atoms with van der Waals surface area (Å²) in [6.45, 7) is 3.36. The van der Waals surface area contributed by atoms with E-state index < -0.39 is 0 Å². The molecule has 0 spiro atoms. The van der Waals surface area contributed by atoms with Crippen LogP contribution in [0.2, 0.25) is 0 Å². The van der Waals surface area contributed by atoms with Gasteiger partial charge < -0.3 is 5.32 Å². The van der Waals surface area contributed by atoms with Crippen LogP contribution in [0.1, 0.15) is 32.6 Å². The van der Waals surface area contributed by atoms with Gasteiger partial charge in [-0.05, 0) is 25.7 Å². The van der Waals surface area contributed by atoms with Crippen LogP contribution < -0.4 is 5.32 Å². The molecule has 2 unspecified atom stereocenters. The zero-order chi connectivity index (χ0) is 7.68. The predicted octanol–water partition coefficient (Wildman–Crippen LogP) is 2.09. The van der Waals surface area contributed by atoms with E-state index in [1.54, 1.807) is 0 Å². The summed E-state index contributed by atoms with van der Waals surface area (Å²) in [4.78, 5) is 0. The zero-order valence-electron chi connectivity index (χ0n) is 7.27. The maximum absolute atomic E-state index is 3.60. The lowest BCUT2D eigenvalue weighted by Crippen LogP contribution is -2.41. The first-order valence-electron chi connectivity index (χ1n) is 4.77. The summed E-state index contributed by atoms with van der Waals surface area (Å²) in [5.74, 6) is 0.859. The second-order valence-electron chi connectivity index (χ2n) is 3.95. The van der Waals surface area contributed by atoms with Crippen molar-refractivity contribution in [3.05, 3.63) is 11.6 Å². The van der Waals surface area contributed by atoms with E-state index in [4.69, 9.17) is 0 Å². The monoisotopic (exact) mass is 151 g/mol. The Morgan fingerprint density at radius 3 is 3.09 bits per heavy atom. The standard InChI is InChI=1S/C10H17N/c1-8-6-9-4-2-3-5-10(9)11-7-8/h6,9-11H,2-5,7H2,1H3. The van der Waals surface area contributed by atoms with E-state index in [0.29, 0.717) is 0 Å². The summed E-state index contributed by atoms with van der Waals surface area (Å²) in [6, 6.07) is 0.812. The fraction of sp³-hybridized carbons (Fsp3) is 0.800. The summed E-state index contributed by atoms with van der Waals surface area (Å²) < 4.78 is 0. The topological polar surface area (TPSA) is 12.0 Å². The fourth-order valence-corrected chi connectivity index (χ4v) is 2.33. The Morgan fingerprint density at radius 1 is 1.36 bits per heavy atom. The van der Waals surface area contributed by atoms with E-state index in [1.807, 2.05) is 0 Å². The Balaban J connectivity index is 2.07. The molecule has 0 aromatic heterocycles. The van der Waals surface area contributed by atoms with Crippen molar-refractivity contribution in [3.63, 3.8) is 0 Å². The molecule has 0 saturated heterocycles. The molecule has 0 radical (unpaired) electrons. The van der Waals surface area contributed by atoms with E-state index in [0.717, 1.165) is 18.5 Å². The van der Waals surface area contributed by atoms with Gasteiger partial charge in [-0.2, -0.15) is 0 Å². The molecule has 11 heavy (non-hydrogen) atoms. The zero-order valence-corrected chi connectivity index (χ0v) is 7.27. The van der Waals surface area contributed by atoms with Crippen LogP contribution in [-0.4, -0.2) is 12.6 Å². The number of rotatable bonds is 0.